The average Bonchev–Trinajstić information content (AvgIpc) is 3.17. The standard InChI is InChI=1S/C28H45IO3Si/c1-7-8-16-19-24(32-33(5,6)28(2,3)4)20-17-14-12-10-9-11-13-15-18-21-25(29)26-22-23-27(30)31-26/h8-9,11-12,14-18,20,24-26H,7,10,13,19,21-23H2,1-6H3/b11-9-,14-12-,16-8-,18-15-,20-17+/t24-,25?,26?/m0/s1. The molecule has 0 aliphatic carbocycles. The molecule has 3 atom stereocenters. The summed E-state index contributed by atoms with van der Waals surface area (Å²) in [7, 11) is -1.79. The van der Waals surface area contributed by atoms with E-state index in [4.69, 9.17) is 9.16 Å². The highest BCUT2D eigenvalue weighted by molar-refractivity contribution is 14.1. The number of esters is 1. The van der Waals surface area contributed by atoms with E-state index >= 15 is 0 Å². The van der Waals surface area contributed by atoms with Gasteiger partial charge >= 0.3 is 5.97 Å². The molecule has 1 saturated heterocycles. The van der Waals surface area contributed by atoms with E-state index in [9.17, 15) is 4.79 Å². The fourth-order valence-corrected chi connectivity index (χ4v) is 5.17. The molecule has 1 fully saturated rings. The van der Waals surface area contributed by atoms with E-state index in [-0.39, 0.29) is 23.2 Å². The second-order valence-corrected chi connectivity index (χ2v) is 16.4. The average molecular weight is 585 g/mol. The van der Waals surface area contributed by atoms with Crippen LogP contribution >= 0.6 is 22.6 Å². The Bertz CT molecular complexity index is 713. The topological polar surface area (TPSA) is 35.5 Å². The van der Waals surface area contributed by atoms with E-state index in [1.54, 1.807) is 0 Å². The van der Waals surface area contributed by atoms with E-state index in [0.29, 0.717) is 10.3 Å². The van der Waals surface area contributed by atoms with E-state index in [1.807, 2.05) is 0 Å². The maximum atomic E-state index is 11.2. The van der Waals surface area contributed by atoms with Crippen LogP contribution in [0.25, 0.3) is 0 Å². The monoisotopic (exact) mass is 584 g/mol. The van der Waals surface area contributed by atoms with E-state index in [0.717, 1.165) is 38.5 Å². The van der Waals surface area contributed by atoms with Gasteiger partial charge in [-0.1, -0.05) is 111 Å². The zero-order valence-corrected chi connectivity index (χ0v) is 24.7. The van der Waals surface area contributed by atoms with E-state index in [1.165, 1.54) is 0 Å². The minimum absolute atomic E-state index is 0.0524. The number of hydrogen-bond acceptors (Lipinski definition) is 3. The first-order valence-corrected chi connectivity index (χ1v) is 16.5. The van der Waals surface area contributed by atoms with Crippen LogP contribution in [0.4, 0.5) is 0 Å². The Morgan fingerprint density at radius 1 is 1.03 bits per heavy atom. The highest BCUT2D eigenvalue weighted by Gasteiger charge is 2.38. The smallest absolute Gasteiger partial charge is 0.306 e. The Morgan fingerprint density at radius 3 is 2.27 bits per heavy atom. The summed E-state index contributed by atoms with van der Waals surface area (Å²) in [6, 6.07) is 0. The second-order valence-electron chi connectivity index (χ2n) is 10.1. The maximum absolute atomic E-state index is 11.2. The molecule has 186 valence electrons. The first-order valence-electron chi connectivity index (χ1n) is 12.4. The number of carbonyl (C=O) groups is 1. The van der Waals surface area contributed by atoms with Crippen LogP contribution in [0.15, 0.2) is 60.8 Å². The predicted molar refractivity (Wildman–Crippen MR) is 153 cm³/mol. The fourth-order valence-electron chi connectivity index (χ4n) is 3.09. The number of cyclic esters (lactones) is 1. The fraction of sp³-hybridized carbons (Fsp3) is 0.607. The Balaban J connectivity index is 2.37. The van der Waals surface area contributed by atoms with Crippen molar-refractivity contribution in [1.29, 1.82) is 0 Å². The minimum Gasteiger partial charge on any atom is -0.461 e. The third kappa shape index (κ3) is 12.9. The van der Waals surface area contributed by atoms with Gasteiger partial charge in [-0.05, 0) is 56.7 Å². The molecule has 2 unspecified atom stereocenters. The van der Waals surface area contributed by atoms with Gasteiger partial charge in [-0.15, -0.1) is 0 Å². The maximum Gasteiger partial charge on any atom is 0.306 e. The quantitative estimate of drug-likeness (QED) is 0.0512. The number of allylic oxidation sites excluding steroid dienone is 8. The Morgan fingerprint density at radius 2 is 1.67 bits per heavy atom. The summed E-state index contributed by atoms with van der Waals surface area (Å²) in [5.74, 6) is -0.0524. The van der Waals surface area contributed by atoms with Gasteiger partial charge in [-0.2, -0.15) is 0 Å². The molecule has 0 radical (unpaired) electrons. The van der Waals surface area contributed by atoms with Crippen LogP contribution in [-0.4, -0.2) is 30.4 Å². The first kappa shape index (κ1) is 30.1. The van der Waals surface area contributed by atoms with Gasteiger partial charge in [0, 0.05) is 6.42 Å². The number of hydrogen-bond donors (Lipinski definition) is 0. The number of alkyl halides is 1. The summed E-state index contributed by atoms with van der Waals surface area (Å²) in [5, 5.41) is 0.212. The lowest BCUT2D eigenvalue weighted by atomic mass is 10.1. The Labute approximate surface area is 217 Å². The van der Waals surface area contributed by atoms with Gasteiger partial charge in [0.1, 0.15) is 6.10 Å². The summed E-state index contributed by atoms with van der Waals surface area (Å²) in [6.45, 7) is 13.7. The van der Waals surface area contributed by atoms with Crippen LogP contribution in [0.2, 0.25) is 18.1 Å². The van der Waals surface area contributed by atoms with Crippen molar-refractivity contribution in [2.24, 2.45) is 0 Å². The molecular weight excluding hydrogens is 539 g/mol. The van der Waals surface area contributed by atoms with Crippen LogP contribution in [0, 0.1) is 0 Å². The molecule has 1 aliphatic heterocycles. The van der Waals surface area contributed by atoms with Crippen molar-refractivity contribution in [3.63, 3.8) is 0 Å². The third-order valence-corrected chi connectivity index (χ3v) is 12.0. The summed E-state index contributed by atoms with van der Waals surface area (Å²) < 4.78 is 12.3. The lowest BCUT2D eigenvalue weighted by molar-refractivity contribution is -0.141. The van der Waals surface area contributed by atoms with Gasteiger partial charge in [-0.3, -0.25) is 4.79 Å². The first-order chi connectivity index (χ1) is 15.6. The summed E-state index contributed by atoms with van der Waals surface area (Å²) in [5.41, 5.74) is 0. The molecule has 0 spiro atoms. The Kier molecular flexibility index (Phi) is 14.5. The van der Waals surface area contributed by atoms with Crippen molar-refractivity contribution < 1.29 is 14.0 Å². The second kappa shape index (κ2) is 15.9. The van der Waals surface area contributed by atoms with Crippen LogP contribution < -0.4 is 0 Å². The van der Waals surface area contributed by atoms with Gasteiger partial charge < -0.3 is 9.16 Å². The molecule has 1 heterocycles. The molecule has 0 aromatic rings. The van der Waals surface area contributed by atoms with Crippen LogP contribution in [0.5, 0.6) is 0 Å². The molecule has 0 saturated carbocycles. The normalized spacial score (nSPS) is 20.2. The molecule has 3 nitrogen and oxygen atoms in total. The van der Waals surface area contributed by atoms with Gasteiger partial charge in [-0.25, -0.2) is 0 Å². The molecule has 1 rings (SSSR count). The third-order valence-electron chi connectivity index (χ3n) is 6.15. The van der Waals surface area contributed by atoms with Crippen molar-refractivity contribution in [1.82, 2.24) is 0 Å². The van der Waals surface area contributed by atoms with E-state index < -0.39 is 8.32 Å². The predicted octanol–water partition coefficient (Wildman–Crippen LogP) is 8.64. The molecule has 0 aromatic heterocycles. The summed E-state index contributed by atoms with van der Waals surface area (Å²) >= 11 is 2.39. The molecule has 0 amide bonds. The number of carbonyl (C=O) groups excluding carboxylic acids is 1. The zero-order chi connectivity index (χ0) is 24.7. The summed E-state index contributed by atoms with van der Waals surface area (Å²) in [6.07, 6.45) is 28.3. The van der Waals surface area contributed by atoms with Crippen molar-refractivity contribution in [2.75, 3.05) is 0 Å². The molecule has 0 aromatic carbocycles. The van der Waals surface area contributed by atoms with Gasteiger partial charge in [0.15, 0.2) is 8.32 Å². The van der Waals surface area contributed by atoms with Crippen LogP contribution in [-0.2, 0) is 14.0 Å². The zero-order valence-electron chi connectivity index (χ0n) is 21.6. The van der Waals surface area contributed by atoms with Crippen molar-refractivity contribution >= 4 is 36.9 Å². The molecular formula is C28H45IO3Si. The molecule has 0 bridgehead atoms. The Hall–Kier alpha value is -0.923. The lowest BCUT2D eigenvalue weighted by Crippen LogP contribution is -2.43. The van der Waals surface area contributed by atoms with Gasteiger partial charge in [0.05, 0.1) is 10.0 Å². The van der Waals surface area contributed by atoms with Crippen LogP contribution in [0.1, 0.15) is 72.6 Å². The van der Waals surface area contributed by atoms with Crippen molar-refractivity contribution in [3.8, 4) is 0 Å². The molecule has 33 heavy (non-hydrogen) atoms. The molecule has 1 aliphatic rings. The van der Waals surface area contributed by atoms with Crippen molar-refractivity contribution in [2.45, 2.75) is 107 Å². The largest absolute Gasteiger partial charge is 0.461 e. The van der Waals surface area contributed by atoms with Gasteiger partial charge in [0.25, 0.3) is 0 Å². The SMILES string of the molecule is CC/C=C\C[C@@H](/C=C/C=C\C/C=C\C/C=C\CC(I)C1CCC(=O)O1)O[Si](C)(C)C(C)(C)C. The van der Waals surface area contributed by atoms with Crippen LogP contribution in [0.3, 0.4) is 0 Å². The number of halogens is 1. The highest BCUT2D eigenvalue weighted by Crippen LogP contribution is 2.37. The highest BCUT2D eigenvalue weighted by atomic mass is 127. The minimum atomic E-state index is -1.79. The number of rotatable bonds is 14. The lowest BCUT2D eigenvalue weighted by Gasteiger charge is -2.38. The molecule has 0 N–H and O–H groups in total. The summed E-state index contributed by atoms with van der Waals surface area (Å²) in [4.78, 5) is 11.2. The molecule has 5 heteroatoms. The van der Waals surface area contributed by atoms with Crippen molar-refractivity contribution in [3.05, 3.63) is 60.8 Å². The van der Waals surface area contributed by atoms with Gasteiger partial charge in [0.2, 0.25) is 0 Å². The van der Waals surface area contributed by atoms with E-state index in [2.05, 4.69) is 124 Å². The number of ether oxygens (including phenoxy) is 1.